The van der Waals surface area contributed by atoms with Gasteiger partial charge in [0.2, 0.25) is 0 Å². The predicted molar refractivity (Wildman–Crippen MR) is 99.1 cm³/mol. The highest BCUT2D eigenvalue weighted by Gasteiger charge is 2.17. The Bertz CT molecular complexity index is 806. The summed E-state index contributed by atoms with van der Waals surface area (Å²) in [6.45, 7) is 6.44. The smallest absolute Gasteiger partial charge is 0.192 e. The number of halogens is 1. The Morgan fingerprint density at radius 1 is 1.21 bits per heavy atom. The van der Waals surface area contributed by atoms with Gasteiger partial charge >= 0.3 is 0 Å². The molecule has 24 heavy (non-hydrogen) atoms. The van der Waals surface area contributed by atoms with Gasteiger partial charge in [0.15, 0.2) is 11.0 Å². The maximum Gasteiger partial charge on any atom is 0.192 e. The number of aryl methyl sites for hydroxylation is 1. The third-order valence-corrected chi connectivity index (χ3v) is 5.82. The normalized spacial score (nSPS) is 11.4. The van der Waals surface area contributed by atoms with Crippen molar-refractivity contribution in [2.45, 2.75) is 44.1 Å². The summed E-state index contributed by atoms with van der Waals surface area (Å²) < 4.78 is 15.2. The molecule has 2 aromatic heterocycles. The number of thiophene rings is 1. The number of hydrogen-bond donors (Lipinski definition) is 0. The van der Waals surface area contributed by atoms with Crippen molar-refractivity contribution in [1.29, 1.82) is 0 Å². The van der Waals surface area contributed by atoms with Crippen LogP contribution in [0.3, 0.4) is 0 Å². The molecule has 0 saturated carbocycles. The van der Waals surface area contributed by atoms with Crippen LogP contribution in [0.25, 0.3) is 11.4 Å². The summed E-state index contributed by atoms with van der Waals surface area (Å²) in [6.07, 6.45) is 1.03. The molecule has 0 amide bonds. The molecule has 0 saturated heterocycles. The summed E-state index contributed by atoms with van der Waals surface area (Å²) in [5.74, 6) is 1.46. The molecule has 0 aliphatic rings. The number of benzene rings is 1. The van der Waals surface area contributed by atoms with Gasteiger partial charge in [-0.1, -0.05) is 30.8 Å². The topological polar surface area (TPSA) is 30.7 Å². The first kappa shape index (κ1) is 17.2. The molecule has 6 heteroatoms. The molecular formula is C18H20FN3S2. The first-order chi connectivity index (χ1) is 11.6. The van der Waals surface area contributed by atoms with Crippen molar-refractivity contribution in [2.24, 2.45) is 0 Å². The van der Waals surface area contributed by atoms with Gasteiger partial charge in [-0.05, 0) is 44.0 Å². The number of aromatic nitrogens is 3. The highest BCUT2D eigenvalue weighted by Crippen LogP contribution is 2.31. The average Bonchev–Trinajstić information content (AvgIpc) is 3.20. The zero-order chi connectivity index (χ0) is 17.1. The Balaban J connectivity index is 1.84. The van der Waals surface area contributed by atoms with Gasteiger partial charge < -0.3 is 0 Å². The SMILES string of the molecule is CCc1cc(-c2nnc(SCc3ccc(F)cc3)n2C(C)C)cs1. The van der Waals surface area contributed by atoms with E-state index in [9.17, 15) is 4.39 Å². The van der Waals surface area contributed by atoms with Gasteiger partial charge in [0.05, 0.1) is 0 Å². The molecule has 3 aromatic rings. The molecule has 0 bridgehead atoms. The minimum atomic E-state index is -0.208. The number of hydrogen-bond acceptors (Lipinski definition) is 4. The van der Waals surface area contributed by atoms with Gasteiger partial charge in [-0.15, -0.1) is 21.5 Å². The van der Waals surface area contributed by atoms with Crippen LogP contribution in [0, 0.1) is 5.82 Å². The Kier molecular flexibility index (Phi) is 5.36. The van der Waals surface area contributed by atoms with E-state index in [1.54, 1.807) is 23.1 Å². The van der Waals surface area contributed by atoms with E-state index in [4.69, 9.17) is 0 Å². The first-order valence-electron chi connectivity index (χ1n) is 7.98. The minimum Gasteiger partial charge on any atom is -0.299 e. The molecule has 3 nitrogen and oxygen atoms in total. The van der Waals surface area contributed by atoms with Crippen molar-refractivity contribution in [1.82, 2.24) is 14.8 Å². The highest BCUT2D eigenvalue weighted by molar-refractivity contribution is 7.98. The lowest BCUT2D eigenvalue weighted by Gasteiger charge is -2.13. The summed E-state index contributed by atoms with van der Waals surface area (Å²) in [5, 5.41) is 11.9. The van der Waals surface area contributed by atoms with Crippen molar-refractivity contribution >= 4 is 23.1 Å². The summed E-state index contributed by atoms with van der Waals surface area (Å²) in [7, 11) is 0. The lowest BCUT2D eigenvalue weighted by molar-refractivity contribution is 0.555. The standard InChI is InChI=1S/C18H20FN3S2/c1-4-16-9-14(11-23-16)17-20-21-18(22(17)12(2)3)24-10-13-5-7-15(19)8-6-13/h5-9,11-12H,4,10H2,1-3H3. The molecule has 0 atom stereocenters. The van der Waals surface area contributed by atoms with E-state index >= 15 is 0 Å². The maximum atomic E-state index is 13.0. The lowest BCUT2D eigenvalue weighted by Crippen LogP contribution is -2.04. The van der Waals surface area contributed by atoms with E-state index < -0.39 is 0 Å². The average molecular weight is 362 g/mol. The van der Waals surface area contributed by atoms with Crippen molar-refractivity contribution < 1.29 is 4.39 Å². The molecule has 3 rings (SSSR count). The maximum absolute atomic E-state index is 13.0. The molecule has 0 fully saturated rings. The van der Waals surface area contributed by atoms with Crippen molar-refractivity contribution in [2.75, 3.05) is 0 Å². The zero-order valence-electron chi connectivity index (χ0n) is 14.0. The predicted octanol–water partition coefficient (Wildman–Crippen LogP) is 5.58. The zero-order valence-corrected chi connectivity index (χ0v) is 15.6. The van der Waals surface area contributed by atoms with Crippen LogP contribution >= 0.6 is 23.1 Å². The fraction of sp³-hybridized carbons (Fsp3) is 0.333. The lowest BCUT2D eigenvalue weighted by atomic mass is 10.2. The molecule has 0 N–H and O–H groups in total. The number of nitrogens with zero attached hydrogens (tertiary/aromatic N) is 3. The van der Waals surface area contributed by atoms with E-state index in [1.165, 1.54) is 17.0 Å². The van der Waals surface area contributed by atoms with Crippen LogP contribution in [0.1, 0.15) is 37.3 Å². The second-order valence-corrected chi connectivity index (χ2v) is 7.78. The highest BCUT2D eigenvalue weighted by atomic mass is 32.2. The quantitative estimate of drug-likeness (QED) is 0.537. The van der Waals surface area contributed by atoms with Gasteiger partial charge in [-0.2, -0.15) is 0 Å². The van der Waals surface area contributed by atoms with E-state index in [1.807, 2.05) is 12.1 Å². The fourth-order valence-corrected chi connectivity index (χ4v) is 4.29. The largest absolute Gasteiger partial charge is 0.299 e. The molecule has 2 heterocycles. The van der Waals surface area contributed by atoms with E-state index in [0.717, 1.165) is 34.3 Å². The van der Waals surface area contributed by atoms with Gasteiger partial charge in [0.25, 0.3) is 0 Å². The Morgan fingerprint density at radius 3 is 2.58 bits per heavy atom. The third kappa shape index (κ3) is 3.70. The second-order valence-electron chi connectivity index (χ2n) is 5.84. The first-order valence-corrected chi connectivity index (χ1v) is 9.85. The van der Waals surface area contributed by atoms with Crippen molar-refractivity contribution in [3.05, 3.63) is 52.0 Å². The van der Waals surface area contributed by atoms with Crippen LogP contribution in [0.2, 0.25) is 0 Å². The van der Waals surface area contributed by atoms with Crippen LogP contribution in [-0.4, -0.2) is 14.8 Å². The van der Waals surface area contributed by atoms with Gasteiger partial charge in [0, 0.05) is 27.6 Å². The van der Waals surface area contributed by atoms with E-state index in [2.05, 4.69) is 47.0 Å². The van der Waals surface area contributed by atoms with Crippen LogP contribution in [0.15, 0.2) is 40.9 Å². The summed E-state index contributed by atoms with van der Waals surface area (Å²) in [6, 6.07) is 9.08. The molecule has 0 radical (unpaired) electrons. The second kappa shape index (κ2) is 7.49. The fourth-order valence-electron chi connectivity index (χ4n) is 2.45. The molecule has 0 aliphatic carbocycles. The summed E-state index contributed by atoms with van der Waals surface area (Å²) in [5.41, 5.74) is 2.21. The van der Waals surface area contributed by atoms with Gasteiger partial charge in [0.1, 0.15) is 5.82 Å². The minimum absolute atomic E-state index is 0.208. The molecule has 126 valence electrons. The van der Waals surface area contributed by atoms with Gasteiger partial charge in [-0.25, -0.2) is 4.39 Å². The Labute approximate surface area is 149 Å². The Morgan fingerprint density at radius 2 is 1.96 bits per heavy atom. The molecule has 0 spiro atoms. The van der Waals surface area contributed by atoms with Crippen molar-refractivity contribution in [3.8, 4) is 11.4 Å². The number of rotatable bonds is 6. The van der Waals surface area contributed by atoms with Crippen molar-refractivity contribution in [3.63, 3.8) is 0 Å². The summed E-state index contributed by atoms with van der Waals surface area (Å²) >= 11 is 3.39. The van der Waals surface area contributed by atoms with Gasteiger partial charge in [-0.3, -0.25) is 4.57 Å². The van der Waals surface area contributed by atoms with Crippen LogP contribution < -0.4 is 0 Å². The molecule has 0 aliphatic heterocycles. The van der Waals surface area contributed by atoms with E-state index in [0.29, 0.717) is 0 Å². The Hall–Kier alpha value is -1.66. The number of thioether (sulfide) groups is 1. The molecular weight excluding hydrogens is 341 g/mol. The van der Waals surface area contributed by atoms with E-state index in [-0.39, 0.29) is 11.9 Å². The van der Waals surface area contributed by atoms with Crippen LogP contribution in [0.4, 0.5) is 4.39 Å². The van der Waals surface area contributed by atoms with Crippen LogP contribution in [0.5, 0.6) is 0 Å². The van der Waals surface area contributed by atoms with Crippen LogP contribution in [-0.2, 0) is 12.2 Å². The molecule has 0 unspecified atom stereocenters. The molecule has 1 aromatic carbocycles. The summed E-state index contributed by atoms with van der Waals surface area (Å²) in [4.78, 5) is 1.35. The monoisotopic (exact) mass is 361 g/mol. The third-order valence-electron chi connectivity index (χ3n) is 3.72.